The predicted octanol–water partition coefficient (Wildman–Crippen LogP) is 30.3. The third-order valence-corrected chi connectivity index (χ3v) is 32.8. The number of fused-ring (bicyclic) bond motifs is 6. The Morgan fingerprint density at radius 1 is 0.307 bits per heavy atom. The second-order valence-corrected chi connectivity index (χ2v) is 41.2. The van der Waals surface area contributed by atoms with Gasteiger partial charge in [0.25, 0.3) is 35.4 Å². The summed E-state index contributed by atoms with van der Waals surface area (Å²) in [6.45, 7) is 43.4. The molecule has 6 amide bonds. The fourth-order valence-electron chi connectivity index (χ4n) is 23.1. The van der Waals surface area contributed by atoms with Crippen molar-refractivity contribution in [2.45, 2.75) is 242 Å². The summed E-state index contributed by atoms with van der Waals surface area (Å²) >= 11 is 50.2. The predicted molar refractivity (Wildman–Crippen MR) is 576 cm³/mol. The largest absolute Gasteiger partial charge is 0.296 e. The van der Waals surface area contributed by atoms with E-state index in [1.54, 1.807) is 71.9 Å². The van der Waals surface area contributed by atoms with Gasteiger partial charge in [0.05, 0.1) is 30.3 Å². The number of aryl methyl sites for hydroxylation is 1. The number of nitrogens with zero attached hydrogens (tertiary/aromatic N) is 9. The van der Waals surface area contributed by atoms with E-state index in [0.29, 0.717) is 183 Å². The van der Waals surface area contributed by atoms with E-state index >= 15 is 8.78 Å². The third kappa shape index (κ3) is 13.9. The number of carbonyl (C=O) groups excluding carboxylic acids is 6. The molecule has 25 heteroatoms. The Labute approximate surface area is 835 Å². The summed E-state index contributed by atoms with van der Waals surface area (Å²) in [6, 6.07) is 29.9. The Kier molecular flexibility index (Phi) is 24.8. The Balaban J connectivity index is 0.000000132. The van der Waals surface area contributed by atoms with Gasteiger partial charge in [-0.05, 0) is 230 Å². The van der Waals surface area contributed by atoms with Crippen molar-refractivity contribution in [1.29, 1.82) is 5.26 Å². The molecule has 0 aliphatic carbocycles. The smallest absolute Gasteiger partial charge is 0.259 e. The van der Waals surface area contributed by atoms with Gasteiger partial charge in [-0.2, -0.15) is 5.26 Å². The first-order chi connectivity index (χ1) is 65.8. The molecule has 137 heavy (non-hydrogen) atoms. The number of thiocarbonyl (C=S) groups is 6. The highest BCUT2D eigenvalue weighted by Crippen LogP contribution is 2.58. The first kappa shape index (κ1) is 94.4. The number of benzene rings is 15. The molecular weight excluding hydrogens is 1870 g/mol. The van der Waals surface area contributed by atoms with Crippen LogP contribution in [-0.2, 0) is 0 Å². The molecule has 0 aromatic heterocycles. The molecule has 21 rings (SSSR count). The van der Waals surface area contributed by atoms with Crippen LogP contribution < -0.4 is 0 Å². The lowest BCUT2D eigenvalue weighted by atomic mass is 9.80. The summed E-state index contributed by atoms with van der Waals surface area (Å²) in [6.07, 6.45) is 16.7. The van der Waals surface area contributed by atoms with Crippen LogP contribution >= 0.6 is 96.5 Å². The molecule has 6 aliphatic rings. The van der Waals surface area contributed by atoms with E-state index < -0.39 is 11.6 Å². The Morgan fingerprint density at radius 2 is 0.555 bits per heavy atom. The standard InChI is InChI=1S/C38H33Cl2N3O2S2.C38H32N4O2S2.C36H32F2N2O2S2/c1-7-9-11-18(4)42-35(44)20-15-25(40)31-32-26(41-6)16-23-29-21(36(45)43(38(23)47)19(5)12-10-8-2)14-24(39)30(34(29)32)27-17(3)13-22(37(42)46)28(20)33(27)31;1-6-8-10-19(3)41-35(43)24-15-13-23-32-28(40-5)17-27-31-25(36(44)42(38(27)46)20(4)11-9-7-2)14-12-22(34(31)32)29-21(18-39)16-26(37(41)45)30(24)33(23)29;1-5-7-9-17(3)39-33(41)21-13-11-19-30-26(38)16-24-28-22(34(42)40(36(24)44)18(4)10-8-6-2)14-12-20(32(28)30)29-25(37)15-23(35(39)43)27(21)31(19)29/h13-16,18-19H,7-12H2,1-5H3;12-17,19-20H,6-11H2,1-4H3;11-18H,5-10H2,1-4H3/t18-,19-;19-,20-;17-,18-/m000/s1. The lowest BCUT2D eigenvalue weighted by Crippen LogP contribution is -2.45. The average Bonchev–Trinajstić information content (AvgIpc) is 0.669. The summed E-state index contributed by atoms with van der Waals surface area (Å²) in [5.74, 6) is -2.09. The first-order valence-electron chi connectivity index (χ1n) is 47.7. The van der Waals surface area contributed by atoms with Crippen molar-refractivity contribution >= 4 is 303 Å². The van der Waals surface area contributed by atoms with E-state index in [1.165, 1.54) is 12.1 Å². The number of unbranched alkanes of at least 4 members (excludes halogenated alkanes) is 6. The summed E-state index contributed by atoms with van der Waals surface area (Å²) in [7, 11) is 0. The summed E-state index contributed by atoms with van der Waals surface area (Å²) in [5.41, 5.74) is 8.85. The van der Waals surface area contributed by atoms with E-state index in [4.69, 9.17) is 110 Å². The zero-order chi connectivity index (χ0) is 97.4. The van der Waals surface area contributed by atoms with Gasteiger partial charge in [-0.25, -0.2) is 18.5 Å². The van der Waals surface area contributed by atoms with Crippen LogP contribution in [-0.4, -0.2) is 131 Å². The minimum Gasteiger partial charge on any atom is -0.296 e. The van der Waals surface area contributed by atoms with Gasteiger partial charge in [0.1, 0.15) is 41.6 Å². The topological polar surface area (TPSA) is 154 Å². The molecule has 690 valence electrons. The molecule has 0 unspecified atom stereocenters. The molecule has 0 fully saturated rings. The highest BCUT2D eigenvalue weighted by atomic mass is 35.5. The van der Waals surface area contributed by atoms with Crippen LogP contribution in [0, 0.1) is 43.0 Å². The second kappa shape index (κ2) is 36.0. The van der Waals surface area contributed by atoms with Gasteiger partial charge in [-0.15, -0.1) is 0 Å². The van der Waals surface area contributed by atoms with Gasteiger partial charge in [0.15, 0.2) is 11.4 Å². The minimum atomic E-state index is -0.505. The number of rotatable bonds is 24. The maximum Gasteiger partial charge on any atom is 0.259 e. The molecule has 6 aliphatic heterocycles. The molecule has 15 aromatic rings. The fraction of sp³-hybridized carbons (Fsp3) is 0.330. The van der Waals surface area contributed by atoms with Gasteiger partial charge in [-0.3, -0.25) is 58.2 Å². The molecule has 0 N–H and O–H groups in total. The lowest BCUT2D eigenvalue weighted by Gasteiger charge is -2.36. The van der Waals surface area contributed by atoms with Crippen molar-refractivity contribution in [2.75, 3.05) is 0 Å². The number of carbonyl (C=O) groups is 6. The number of hydrogen-bond donors (Lipinski definition) is 0. The molecule has 15 nitrogen and oxygen atoms in total. The van der Waals surface area contributed by atoms with E-state index in [-0.39, 0.29) is 82.5 Å². The summed E-state index contributed by atoms with van der Waals surface area (Å²) in [4.78, 5) is 105. The average molecular weight is 1970 g/mol. The zero-order valence-electron chi connectivity index (χ0n) is 78.4. The van der Waals surface area contributed by atoms with Crippen molar-refractivity contribution in [1.82, 2.24) is 29.4 Å². The molecule has 0 spiro atoms. The Morgan fingerprint density at radius 3 is 0.869 bits per heavy atom. The Hall–Kier alpha value is -11.5. The van der Waals surface area contributed by atoms with Crippen LogP contribution in [0.2, 0.25) is 10.0 Å². The molecule has 15 aromatic carbocycles. The van der Waals surface area contributed by atoms with Gasteiger partial charge >= 0.3 is 0 Å². The first-order valence-corrected chi connectivity index (χ1v) is 50.9. The number of hydrogen-bond acceptors (Lipinski definition) is 13. The van der Waals surface area contributed by atoms with Crippen LogP contribution in [0.1, 0.15) is 305 Å². The molecule has 6 atom stereocenters. The minimum absolute atomic E-state index is 0.0739. The van der Waals surface area contributed by atoms with E-state index in [2.05, 4.69) is 57.3 Å². The maximum atomic E-state index is 16.4. The fourth-order valence-corrected chi connectivity index (χ4v) is 26.2. The molecule has 0 saturated heterocycles. The normalized spacial score (nSPS) is 16.0. The van der Waals surface area contributed by atoms with Crippen molar-refractivity contribution in [2.24, 2.45) is 0 Å². The maximum absolute atomic E-state index is 16.4. The number of nitriles is 1. The van der Waals surface area contributed by atoms with E-state index in [1.807, 2.05) is 90.9 Å². The van der Waals surface area contributed by atoms with Crippen LogP contribution in [0.4, 0.5) is 20.2 Å². The van der Waals surface area contributed by atoms with Gasteiger partial charge < -0.3 is 0 Å². The van der Waals surface area contributed by atoms with Crippen LogP contribution in [0.5, 0.6) is 0 Å². The number of amides is 6. The third-order valence-electron chi connectivity index (χ3n) is 29.7. The quantitative estimate of drug-likeness (QED) is 0.0244. The molecule has 6 heterocycles. The molecule has 0 radical (unpaired) electrons. The molecule has 0 saturated carbocycles. The van der Waals surface area contributed by atoms with Crippen molar-refractivity contribution < 1.29 is 37.5 Å². The SMILES string of the molecule is CCCC[C@H](C)N1C(=O)c2ccc3c4c(F)cc5c6c(ccc(c7c(F)cc(c2c37)C1=S)c64)C(=O)N([C@@H](C)CCCC)C5=S.[C-]#[N+]c1cc2c3c(cc(Cl)c4c5c(C)cc6c7c(cc(Cl)c(c1c34)c75)C(=O)N([C@@H](C)CCCC)C6=S)C(=O)N([C@@H](C)CCCC)C2=S.[C-]#[N+]c1cc2c3c(ccc4c5c(C#N)cc6c7c(ccc(c1c34)c75)C(=O)N([C@@H](C)CCCC)C6=S)C(=O)N([C@@H](C)CCCC)C2=S. The zero-order valence-corrected chi connectivity index (χ0v) is 84.8. The van der Waals surface area contributed by atoms with Gasteiger partial charge in [-0.1, -0.05) is 239 Å². The van der Waals surface area contributed by atoms with E-state index in [0.717, 1.165) is 181 Å². The van der Waals surface area contributed by atoms with Crippen molar-refractivity contribution in [3.05, 3.63) is 219 Å². The molecular formula is C112H97Cl2F2N9O6S6. The second-order valence-electron chi connectivity index (χ2n) is 38.0. The summed E-state index contributed by atoms with van der Waals surface area (Å²) in [5, 5.41) is 26.5. The van der Waals surface area contributed by atoms with Crippen LogP contribution in [0.3, 0.4) is 0 Å². The Bertz CT molecular complexity index is 7880. The van der Waals surface area contributed by atoms with Gasteiger partial charge in [0.2, 0.25) is 0 Å². The monoisotopic (exact) mass is 1960 g/mol. The van der Waals surface area contributed by atoms with Crippen LogP contribution in [0.15, 0.2) is 97.1 Å². The lowest BCUT2D eigenvalue weighted by molar-refractivity contribution is 0.0799. The molecule has 0 bridgehead atoms. The van der Waals surface area contributed by atoms with Crippen molar-refractivity contribution in [3.8, 4) is 6.07 Å². The highest BCUT2D eigenvalue weighted by molar-refractivity contribution is 7.82. The van der Waals surface area contributed by atoms with Gasteiger partial charge in [0, 0.05) is 172 Å². The van der Waals surface area contributed by atoms with Crippen LogP contribution in [0.25, 0.3) is 139 Å². The summed E-state index contributed by atoms with van der Waals surface area (Å²) < 4.78 is 32.9. The number of halogens is 4. The van der Waals surface area contributed by atoms with E-state index in [9.17, 15) is 34.0 Å². The van der Waals surface area contributed by atoms with Crippen molar-refractivity contribution in [3.63, 3.8) is 0 Å². The highest BCUT2D eigenvalue weighted by Gasteiger charge is 2.45.